The van der Waals surface area contributed by atoms with Gasteiger partial charge in [0.15, 0.2) is 5.69 Å². The van der Waals surface area contributed by atoms with Crippen molar-refractivity contribution < 1.29 is 0 Å². The minimum absolute atomic E-state index is 0.283. The number of hydrogen-bond donors (Lipinski definition) is 0. The summed E-state index contributed by atoms with van der Waals surface area (Å²) >= 11 is 0. The molecule has 0 bridgehead atoms. The molecule has 5 heteroatoms. The van der Waals surface area contributed by atoms with E-state index in [-0.39, 0.29) is 5.69 Å². The van der Waals surface area contributed by atoms with Crippen LogP contribution in [0.15, 0.2) is 55.0 Å². The van der Waals surface area contributed by atoms with Gasteiger partial charge in [-0.1, -0.05) is 12.1 Å². The molecular formula is C17H9N5. The fourth-order valence-electron chi connectivity index (χ4n) is 1.97. The number of hydrogen-bond acceptors (Lipinski definition) is 5. The van der Waals surface area contributed by atoms with E-state index in [0.717, 1.165) is 16.8 Å². The van der Waals surface area contributed by atoms with Crippen LogP contribution < -0.4 is 0 Å². The van der Waals surface area contributed by atoms with Crippen molar-refractivity contribution in [2.24, 2.45) is 0 Å². The molecule has 0 unspecified atom stereocenters. The zero-order valence-corrected chi connectivity index (χ0v) is 11.4. The lowest BCUT2D eigenvalue weighted by atomic mass is 10.1. The van der Waals surface area contributed by atoms with Crippen LogP contribution in [0.25, 0.3) is 22.5 Å². The SMILES string of the molecule is N#Cc1ccc(-c2ccc(-c3cnc(C#N)cn3)cn2)cc1. The lowest BCUT2D eigenvalue weighted by Gasteiger charge is -2.03. The summed E-state index contributed by atoms with van der Waals surface area (Å²) in [4.78, 5) is 12.6. The van der Waals surface area contributed by atoms with E-state index in [1.165, 1.54) is 6.20 Å². The lowest BCUT2D eigenvalue weighted by molar-refractivity contribution is 1.16. The smallest absolute Gasteiger partial charge is 0.158 e. The van der Waals surface area contributed by atoms with Crippen LogP contribution in [0.4, 0.5) is 0 Å². The molecule has 0 spiro atoms. The molecule has 2 heterocycles. The number of benzene rings is 1. The molecule has 0 saturated heterocycles. The van der Waals surface area contributed by atoms with Gasteiger partial charge >= 0.3 is 0 Å². The first-order valence-corrected chi connectivity index (χ1v) is 6.49. The van der Waals surface area contributed by atoms with Crippen LogP contribution in [0, 0.1) is 22.7 Å². The maximum atomic E-state index is 8.80. The summed E-state index contributed by atoms with van der Waals surface area (Å²) < 4.78 is 0. The molecule has 102 valence electrons. The summed E-state index contributed by atoms with van der Waals surface area (Å²) in [6.07, 6.45) is 4.70. The molecule has 0 aliphatic carbocycles. The van der Waals surface area contributed by atoms with Gasteiger partial charge in [0.2, 0.25) is 0 Å². The van der Waals surface area contributed by atoms with E-state index in [4.69, 9.17) is 10.5 Å². The molecule has 3 rings (SSSR count). The minimum atomic E-state index is 0.283. The van der Waals surface area contributed by atoms with Crippen molar-refractivity contribution in [3.05, 3.63) is 66.2 Å². The van der Waals surface area contributed by atoms with Gasteiger partial charge in [-0.2, -0.15) is 10.5 Å². The molecule has 2 aromatic heterocycles. The first kappa shape index (κ1) is 13.4. The Balaban J connectivity index is 1.88. The predicted molar refractivity (Wildman–Crippen MR) is 80.1 cm³/mol. The van der Waals surface area contributed by atoms with Crippen molar-refractivity contribution in [3.63, 3.8) is 0 Å². The Morgan fingerprint density at radius 3 is 1.91 bits per heavy atom. The van der Waals surface area contributed by atoms with Crippen LogP contribution in [-0.4, -0.2) is 15.0 Å². The number of pyridine rings is 1. The second-order valence-electron chi connectivity index (χ2n) is 4.52. The Morgan fingerprint density at radius 1 is 0.636 bits per heavy atom. The Morgan fingerprint density at radius 2 is 1.36 bits per heavy atom. The van der Waals surface area contributed by atoms with Crippen molar-refractivity contribution in [1.82, 2.24) is 15.0 Å². The molecule has 5 nitrogen and oxygen atoms in total. The third-order valence-corrected chi connectivity index (χ3v) is 3.14. The van der Waals surface area contributed by atoms with Crippen LogP contribution in [-0.2, 0) is 0 Å². The predicted octanol–water partition coefficient (Wildman–Crippen LogP) is 2.95. The lowest BCUT2D eigenvalue weighted by Crippen LogP contribution is -1.90. The van der Waals surface area contributed by atoms with E-state index in [1.54, 1.807) is 24.5 Å². The molecule has 0 aliphatic heterocycles. The van der Waals surface area contributed by atoms with E-state index in [0.29, 0.717) is 11.3 Å². The average molecular weight is 283 g/mol. The molecule has 0 saturated carbocycles. The second-order valence-corrected chi connectivity index (χ2v) is 4.52. The second kappa shape index (κ2) is 5.82. The summed E-state index contributed by atoms with van der Waals surface area (Å²) in [6, 6.07) is 15.1. The summed E-state index contributed by atoms with van der Waals surface area (Å²) in [6.45, 7) is 0. The van der Waals surface area contributed by atoms with Gasteiger partial charge < -0.3 is 0 Å². The fourth-order valence-corrected chi connectivity index (χ4v) is 1.97. The number of nitrogens with zero attached hydrogens (tertiary/aromatic N) is 5. The summed E-state index contributed by atoms with van der Waals surface area (Å²) in [5, 5.41) is 17.5. The molecular weight excluding hydrogens is 274 g/mol. The monoisotopic (exact) mass is 283 g/mol. The first-order valence-electron chi connectivity index (χ1n) is 6.49. The Kier molecular flexibility index (Phi) is 3.55. The minimum Gasteiger partial charge on any atom is -0.256 e. The summed E-state index contributed by atoms with van der Waals surface area (Å²) in [5.74, 6) is 0. The van der Waals surface area contributed by atoms with Gasteiger partial charge in [0.05, 0.1) is 35.4 Å². The van der Waals surface area contributed by atoms with E-state index in [2.05, 4.69) is 21.0 Å². The molecule has 0 N–H and O–H groups in total. The molecule has 1 aromatic carbocycles. The Hall–Kier alpha value is -3.57. The molecule has 0 radical (unpaired) electrons. The van der Waals surface area contributed by atoms with Crippen LogP contribution in [0.2, 0.25) is 0 Å². The zero-order chi connectivity index (χ0) is 15.4. The largest absolute Gasteiger partial charge is 0.256 e. The van der Waals surface area contributed by atoms with Crippen molar-refractivity contribution in [2.45, 2.75) is 0 Å². The van der Waals surface area contributed by atoms with Crippen molar-refractivity contribution in [3.8, 4) is 34.7 Å². The Bertz CT molecular complexity index is 790. The molecule has 0 aliphatic rings. The molecule has 22 heavy (non-hydrogen) atoms. The highest BCUT2D eigenvalue weighted by atomic mass is 14.8. The number of rotatable bonds is 2. The van der Waals surface area contributed by atoms with Crippen LogP contribution in [0.1, 0.15) is 11.3 Å². The van der Waals surface area contributed by atoms with Gasteiger partial charge in [0.25, 0.3) is 0 Å². The topological polar surface area (TPSA) is 86.2 Å². The van der Waals surface area contributed by atoms with Crippen LogP contribution in [0.5, 0.6) is 0 Å². The molecule has 0 amide bonds. The van der Waals surface area contributed by atoms with Gasteiger partial charge in [-0.25, -0.2) is 4.98 Å². The Labute approximate surface area is 127 Å². The van der Waals surface area contributed by atoms with Gasteiger partial charge in [0, 0.05) is 17.3 Å². The maximum Gasteiger partial charge on any atom is 0.158 e. The number of nitriles is 2. The first-order chi connectivity index (χ1) is 10.8. The average Bonchev–Trinajstić information content (AvgIpc) is 2.62. The van der Waals surface area contributed by atoms with Crippen molar-refractivity contribution >= 4 is 0 Å². The normalized spacial score (nSPS) is 9.73. The van der Waals surface area contributed by atoms with Gasteiger partial charge in [-0.3, -0.25) is 9.97 Å². The van der Waals surface area contributed by atoms with Gasteiger partial charge in [-0.15, -0.1) is 0 Å². The third kappa shape index (κ3) is 2.65. The fraction of sp³-hybridized carbons (Fsp3) is 0. The highest BCUT2D eigenvalue weighted by Gasteiger charge is 2.04. The summed E-state index contributed by atoms with van der Waals surface area (Å²) in [5.41, 5.74) is 4.15. The zero-order valence-electron chi connectivity index (χ0n) is 11.4. The molecule has 0 fully saturated rings. The third-order valence-electron chi connectivity index (χ3n) is 3.14. The van der Waals surface area contributed by atoms with Crippen molar-refractivity contribution in [1.29, 1.82) is 10.5 Å². The van der Waals surface area contributed by atoms with Gasteiger partial charge in [-0.05, 0) is 24.3 Å². The summed E-state index contributed by atoms with van der Waals surface area (Å²) in [7, 11) is 0. The molecule has 3 aromatic rings. The quantitative estimate of drug-likeness (QED) is 0.721. The maximum absolute atomic E-state index is 8.80. The number of aromatic nitrogens is 3. The van der Waals surface area contributed by atoms with Gasteiger partial charge in [0.1, 0.15) is 6.07 Å². The van der Waals surface area contributed by atoms with Crippen LogP contribution in [0.3, 0.4) is 0 Å². The highest BCUT2D eigenvalue weighted by molar-refractivity contribution is 5.64. The molecule has 0 atom stereocenters. The van der Waals surface area contributed by atoms with E-state index in [9.17, 15) is 0 Å². The highest BCUT2D eigenvalue weighted by Crippen LogP contribution is 2.21. The van der Waals surface area contributed by atoms with Crippen molar-refractivity contribution in [2.75, 3.05) is 0 Å². The van der Waals surface area contributed by atoms with E-state index < -0.39 is 0 Å². The van der Waals surface area contributed by atoms with E-state index >= 15 is 0 Å². The van der Waals surface area contributed by atoms with E-state index in [1.807, 2.05) is 30.3 Å². The van der Waals surface area contributed by atoms with Crippen LogP contribution >= 0.6 is 0 Å². The standard InChI is InChI=1S/C17H9N5/c18-7-12-1-3-13(4-2-12)16-6-5-14(9-21-16)17-11-20-15(8-19)10-22-17/h1-6,9-11H.